The van der Waals surface area contributed by atoms with Gasteiger partial charge in [-0.1, -0.05) is 71.7 Å². The molecule has 0 aliphatic carbocycles. The molecule has 0 saturated carbocycles. The van der Waals surface area contributed by atoms with Gasteiger partial charge in [-0.3, -0.25) is 0 Å². The van der Waals surface area contributed by atoms with Gasteiger partial charge in [0.15, 0.2) is 0 Å². The van der Waals surface area contributed by atoms with Gasteiger partial charge in [0.2, 0.25) is 23.6 Å². The Kier molecular flexibility index (Phi) is 10.7. The van der Waals surface area contributed by atoms with Crippen LogP contribution >= 0.6 is 0 Å². The van der Waals surface area contributed by atoms with E-state index in [2.05, 4.69) is 92.1 Å². The summed E-state index contributed by atoms with van der Waals surface area (Å²) in [5.74, 6) is 6.35. The summed E-state index contributed by atoms with van der Waals surface area (Å²) in [7, 11) is 0. The van der Waals surface area contributed by atoms with E-state index in [0.717, 1.165) is 33.4 Å². The molecule has 5 aromatic carbocycles. The Balaban J connectivity index is 0.964. The van der Waals surface area contributed by atoms with Crippen molar-refractivity contribution in [3.63, 3.8) is 0 Å². The van der Waals surface area contributed by atoms with E-state index in [1.54, 1.807) is 0 Å². The van der Waals surface area contributed by atoms with Crippen LogP contribution in [0.4, 0.5) is 0 Å². The van der Waals surface area contributed by atoms with Crippen LogP contribution < -0.4 is 14.2 Å². The third kappa shape index (κ3) is 9.16. The summed E-state index contributed by atoms with van der Waals surface area (Å²) in [5, 5.41) is 17.1. The van der Waals surface area contributed by atoms with Crippen molar-refractivity contribution in [2.45, 2.75) is 65.6 Å². The second-order valence-electron chi connectivity index (χ2n) is 15.6. The maximum Gasteiger partial charge on any atom is 0.248 e. The SMILES string of the molecule is C#CCOc1cc(COc2ccc(-c3nnc(-c4ccc(C(C)(C)C)cc4)o3)cc2)cc(COc2ccc(-c3nnc(-c4ccc(C(C)(C)C)cc4)o3)cc2)c1. The lowest BCUT2D eigenvalue weighted by molar-refractivity contribution is 0.297. The fraction of sp³-hybridized carbons (Fsp3) is 0.234. The van der Waals surface area contributed by atoms with Crippen LogP contribution in [0.15, 0.2) is 124 Å². The molecule has 282 valence electrons. The van der Waals surface area contributed by atoms with Crippen molar-refractivity contribution in [1.82, 2.24) is 20.4 Å². The lowest BCUT2D eigenvalue weighted by atomic mass is 9.87. The second kappa shape index (κ2) is 16.0. The molecule has 0 bridgehead atoms. The van der Waals surface area contributed by atoms with Crippen LogP contribution in [0.25, 0.3) is 45.8 Å². The minimum Gasteiger partial charge on any atom is -0.489 e. The molecule has 7 aromatic rings. The first-order valence-electron chi connectivity index (χ1n) is 18.5. The van der Waals surface area contributed by atoms with E-state index in [4.69, 9.17) is 29.5 Å². The second-order valence-corrected chi connectivity index (χ2v) is 15.6. The maximum absolute atomic E-state index is 6.15. The van der Waals surface area contributed by atoms with Crippen molar-refractivity contribution in [3.8, 4) is 75.4 Å². The number of aromatic nitrogens is 4. The zero-order valence-electron chi connectivity index (χ0n) is 32.5. The molecule has 0 spiro atoms. The highest BCUT2D eigenvalue weighted by Gasteiger charge is 2.17. The maximum atomic E-state index is 6.15. The van der Waals surface area contributed by atoms with E-state index in [-0.39, 0.29) is 17.4 Å². The molecule has 0 aliphatic heterocycles. The minimum absolute atomic E-state index is 0.0667. The molecule has 0 aliphatic rings. The molecule has 2 heterocycles. The van der Waals surface area contributed by atoms with Crippen molar-refractivity contribution in [2.24, 2.45) is 0 Å². The van der Waals surface area contributed by atoms with Crippen LogP contribution in [-0.4, -0.2) is 27.0 Å². The summed E-state index contributed by atoms with van der Waals surface area (Å²) in [6, 6.07) is 37.4. The van der Waals surface area contributed by atoms with E-state index < -0.39 is 0 Å². The van der Waals surface area contributed by atoms with Gasteiger partial charge in [0.05, 0.1) is 0 Å². The molecule has 9 heteroatoms. The number of hydrogen-bond acceptors (Lipinski definition) is 9. The lowest BCUT2D eigenvalue weighted by Crippen LogP contribution is -2.10. The van der Waals surface area contributed by atoms with Gasteiger partial charge in [-0.2, -0.15) is 0 Å². The normalized spacial score (nSPS) is 11.6. The van der Waals surface area contributed by atoms with Crippen molar-refractivity contribution < 1.29 is 23.0 Å². The van der Waals surface area contributed by atoms with Gasteiger partial charge in [0.1, 0.15) is 37.1 Å². The summed E-state index contributed by atoms with van der Waals surface area (Å²) in [4.78, 5) is 0. The molecule has 9 nitrogen and oxygen atoms in total. The Morgan fingerprint density at radius 3 is 1.12 bits per heavy atom. The average molecular weight is 745 g/mol. The summed E-state index contributed by atoms with van der Waals surface area (Å²) in [5.41, 5.74) is 7.76. The quantitative estimate of drug-likeness (QED) is 0.113. The predicted octanol–water partition coefficient (Wildman–Crippen LogP) is 10.9. The Bertz CT molecular complexity index is 2270. The molecule has 0 amide bonds. The third-order valence-electron chi connectivity index (χ3n) is 9.21. The monoisotopic (exact) mass is 744 g/mol. The van der Waals surface area contributed by atoms with Crippen LogP contribution in [0.5, 0.6) is 17.2 Å². The van der Waals surface area contributed by atoms with Crippen molar-refractivity contribution in [1.29, 1.82) is 0 Å². The summed E-state index contributed by atoms with van der Waals surface area (Å²) >= 11 is 0. The van der Waals surface area contributed by atoms with Gasteiger partial charge in [-0.05, 0) is 124 Å². The standard InChI is InChI=1S/C47H44N4O5/c1-8-25-52-41-27-31(29-53-39-21-13-35(14-22-39)44-50-48-42(55-44)33-9-17-37(18-10-33)46(2,3)4)26-32(28-41)30-54-40-23-15-36(16-24-40)45-51-49-43(56-45)34-11-19-38(20-12-34)47(5,6)7/h1,9-24,26-28H,25,29-30H2,2-7H3. The third-order valence-corrected chi connectivity index (χ3v) is 9.21. The van der Waals surface area contributed by atoms with Gasteiger partial charge < -0.3 is 23.0 Å². The summed E-state index contributed by atoms with van der Waals surface area (Å²) in [6.45, 7) is 13.9. The largest absolute Gasteiger partial charge is 0.489 e. The highest BCUT2D eigenvalue weighted by atomic mass is 16.5. The molecule has 0 N–H and O–H groups in total. The molecule has 0 fully saturated rings. The fourth-order valence-electron chi connectivity index (χ4n) is 5.96. The minimum atomic E-state index is 0.0667. The Morgan fingerprint density at radius 2 is 0.804 bits per heavy atom. The number of terminal acetylenes is 1. The van der Waals surface area contributed by atoms with Crippen LogP contribution in [0, 0.1) is 12.3 Å². The summed E-state index contributed by atoms with van der Waals surface area (Å²) < 4.78 is 30.1. The van der Waals surface area contributed by atoms with E-state index in [1.165, 1.54) is 11.1 Å². The Labute approximate surface area is 327 Å². The van der Waals surface area contributed by atoms with Crippen LogP contribution in [0.2, 0.25) is 0 Å². The zero-order chi connectivity index (χ0) is 39.3. The van der Waals surface area contributed by atoms with Crippen molar-refractivity contribution >= 4 is 0 Å². The average Bonchev–Trinajstić information content (AvgIpc) is 3.90. The van der Waals surface area contributed by atoms with Crippen molar-refractivity contribution in [3.05, 3.63) is 138 Å². The zero-order valence-corrected chi connectivity index (χ0v) is 32.5. The Morgan fingerprint density at radius 1 is 0.464 bits per heavy atom. The van der Waals surface area contributed by atoms with Crippen LogP contribution in [-0.2, 0) is 24.0 Å². The fourth-order valence-corrected chi connectivity index (χ4v) is 5.96. The predicted molar refractivity (Wildman–Crippen MR) is 217 cm³/mol. The van der Waals surface area contributed by atoms with Crippen LogP contribution in [0.3, 0.4) is 0 Å². The molecular formula is C47H44N4O5. The molecule has 7 rings (SSSR count). The first-order valence-corrected chi connectivity index (χ1v) is 18.5. The Hall–Kier alpha value is -6.66. The first kappa shape index (κ1) is 37.6. The van der Waals surface area contributed by atoms with E-state index in [9.17, 15) is 0 Å². The van der Waals surface area contributed by atoms with Gasteiger partial charge >= 0.3 is 0 Å². The molecular weight excluding hydrogens is 701 g/mol. The van der Waals surface area contributed by atoms with Gasteiger partial charge in [0.25, 0.3) is 0 Å². The van der Waals surface area contributed by atoms with E-state index in [1.807, 2.05) is 91.0 Å². The molecule has 0 radical (unpaired) electrons. The summed E-state index contributed by atoms with van der Waals surface area (Å²) in [6.07, 6.45) is 5.48. The topological polar surface area (TPSA) is 106 Å². The highest BCUT2D eigenvalue weighted by molar-refractivity contribution is 5.60. The van der Waals surface area contributed by atoms with Gasteiger partial charge in [0, 0.05) is 22.3 Å². The molecule has 2 aromatic heterocycles. The lowest BCUT2D eigenvalue weighted by Gasteiger charge is -2.18. The number of hydrogen-bond donors (Lipinski definition) is 0. The number of nitrogens with zero attached hydrogens (tertiary/aromatic N) is 4. The van der Waals surface area contributed by atoms with E-state index in [0.29, 0.717) is 54.0 Å². The molecule has 0 unspecified atom stereocenters. The molecule has 56 heavy (non-hydrogen) atoms. The number of rotatable bonds is 12. The van der Waals surface area contributed by atoms with Crippen LogP contribution in [0.1, 0.15) is 63.8 Å². The number of benzene rings is 5. The number of ether oxygens (including phenoxy) is 3. The smallest absolute Gasteiger partial charge is 0.248 e. The van der Waals surface area contributed by atoms with Gasteiger partial charge in [-0.25, -0.2) is 0 Å². The molecule has 0 atom stereocenters. The first-order chi connectivity index (χ1) is 26.9. The van der Waals surface area contributed by atoms with Crippen molar-refractivity contribution in [2.75, 3.05) is 6.61 Å². The van der Waals surface area contributed by atoms with E-state index >= 15 is 0 Å². The van der Waals surface area contributed by atoms with Gasteiger partial charge in [-0.15, -0.1) is 26.8 Å². The molecule has 0 saturated heterocycles. The highest BCUT2D eigenvalue weighted by Crippen LogP contribution is 2.31.